The third kappa shape index (κ3) is 5.40. The number of amides is 1. The van der Waals surface area contributed by atoms with Crippen LogP contribution in [0.5, 0.6) is 0 Å². The summed E-state index contributed by atoms with van der Waals surface area (Å²) < 4.78 is 2.83. The molecule has 0 aliphatic heterocycles. The second-order valence-corrected chi connectivity index (χ2v) is 9.06. The second-order valence-electron chi connectivity index (χ2n) is 6.81. The molecule has 0 bridgehead atoms. The van der Waals surface area contributed by atoms with E-state index in [1.807, 2.05) is 42.8 Å². The average Bonchev–Trinajstić information content (AvgIpc) is 3.19. The van der Waals surface area contributed by atoms with Gasteiger partial charge in [0.25, 0.3) is 5.91 Å². The summed E-state index contributed by atoms with van der Waals surface area (Å²) in [5.74, 6) is 1.40. The Balaban J connectivity index is 1.59. The Hall–Kier alpha value is -2.19. The zero-order chi connectivity index (χ0) is 19.4. The monoisotopic (exact) mass is 401 g/mol. The minimum Gasteiger partial charge on any atom is -0.296 e. The van der Waals surface area contributed by atoms with Gasteiger partial charge in [-0.2, -0.15) is 5.10 Å². The highest BCUT2D eigenvalue weighted by molar-refractivity contribution is 8.01. The number of nitrogens with one attached hydrogen (secondary N) is 1. The Morgan fingerprint density at radius 3 is 2.59 bits per heavy atom. The SMILES string of the molecule is Cc1cc(C)n(Cc2ccc(C(=O)Nc3nnc(SCC(C)C)s3)cc2)n1. The molecule has 1 N–H and O–H groups in total. The molecule has 1 aromatic carbocycles. The maximum Gasteiger partial charge on any atom is 0.257 e. The molecule has 0 atom stereocenters. The van der Waals surface area contributed by atoms with Crippen LogP contribution in [0.2, 0.25) is 0 Å². The number of anilines is 1. The van der Waals surface area contributed by atoms with Gasteiger partial charge >= 0.3 is 0 Å². The standard InChI is InChI=1S/C19H23N5OS2/c1-12(2)11-26-19-22-21-18(27-19)20-17(25)16-7-5-15(6-8-16)10-24-14(4)9-13(3)23-24/h5-9,12H,10-11H2,1-4H3,(H,20,21,25). The van der Waals surface area contributed by atoms with Gasteiger partial charge < -0.3 is 0 Å². The molecule has 0 spiro atoms. The first-order chi connectivity index (χ1) is 12.9. The second kappa shape index (κ2) is 8.67. The van der Waals surface area contributed by atoms with E-state index in [0.717, 1.165) is 27.0 Å². The van der Waals surface area contributed by atoms with E-state index in [9.17, 15) is 4.79 Å². The highest BCUT2D eigenvalue weighted by Gasteiger charge is 2.11. The van der Waals surface area contributed by atoms with Crippen LogP contribution >= 0.6 is 23.1 Å². The number of carbonyl (C=O) groups is 1. The first-order valence-electron chi connectivity index (χ1n) is 8.78. The Bertz CT molecular complexity index is 915. The smallest absolute Gasteiger partial charge is 0.257 e. The summed E-state index contributed by atoms with van der Waals surface area (Å²) in [5.41, 5.74) is 3.82. The number of hydrogen-bond donors (Lipinski definition) is 1. The quantitative estimate of drug-likeness (QED) is 0.469. The number of aromatic nitrogens is 4. The Kier molecular flexibility index (Phi) is 6.28. The van der Waals surface area contributed by atoms with Crippen molar-refractivity contribution >= 4 is 34.1 Å². The van der Waals surface area contributed by atoms with Crippen LogP contribution in [0.1, 0.15) is 41.2 Å². The van der Waals surface area contributed by atoms with Crippen molar-refractivity contribution in [2.45, 2.75) is 38.6 Å². The van der Waals surface area contributed by atoms with Crippen LogP contribution in [-0.2, 0) is 6.54 Å². The fourth-order valence-electron chi connectivity index (χ4n) is 2.50. The lowest BCUT2D eigenvalue weighted by Crippen LogP contribution is -2.12. The fourth-order valence-corrected chi connectivity index (χ4v) is 4.22. The topological polar surface area (TPSA) is 72.7 Å². The maximum absolute atomic E-state index is 12.4. The number of thioether (sulfide) groups is 1. The van der Waals surface area contributed by atoms with E-state index in [1.165, 1.54) is 11.3 Å². The molecule has 0 aliphatic rings. The van der Waals surface area contributed by atoms with Crippen molar-refractivity contribution in [3.63, 3.8) is 0 Å². The van der Waals surface area contributed by atoms with Gasteiger partial charge in [0.1, 0.15) is 0 Å². The molecule has 0 radical (unpaired) electrons. The minimum absolute atomic E-state index is 0.177. The Labute approximate surface area is 167 Å². The van der Waals surface area contributed by atoms with Gasteiger partial charge in [0.15, 0.2) is 4.34 Å². The van der Waals surface area contributed by atoms with Crippen LogP contribution < -0.4 is 5.32 Å². The molecule has 27 heavy (non-hydrogen) atoms. The first kappa shape index (κ1) is 19.6. The summed E-state index contributed by atoms with van der Waals surface area (Å²) >= 11 is 3.07. The summed E-state index contributed by atoms with van der Waals surface area (Å²) in [4.78, 5) is 12.4. The van der Waals surface area contributed by atoms with Crippen LogP contribution in [0.4, 0.5) is 5.13 Å². The lowest BCUT2D eigenvalue weighted by atomic mass is 10.1. The fraction of sp³-hybridized carbons (Fsp3) is 0.368. The summed E-state index contributed by atoms with van der Waals surface area (Å²) in [6, 6.07) is 9.61. The number of carbonyl (C=O) groups excluding carboxylic acids is 1. The molecule has 1 amide bonds. The maximum atomic E-state index is 12.4. The molecule has 6 nitrogen and oxygen atoms in total. The Morgan fingerprint density at radius 1 is 1.22 bits per heavy atom. The van der Waals surface area contributed by atoms with E-state index < -0.39 is 0 Å². The number of benzene rings is 1. The lowest BCUT2D eigenvalue weighted by molar-refractivity contribution is 0.102. The molecule has 3 rings (SSSR count). The van der Waals surface area contributed by atoms with Crippen LogP contribution in [0.15, 0.2) is 34.7 Å². The molecular formula is C19H23N5OS2. The van der Waals surface area contributed by atoms with E-state index in [1.54, 1.807) is 11.8 Å². The average molecular weight is 402 g/mol. The highest BCUT2D eigenvalue weighted by Crippen LogP contribution is 2.27. The zero-order valence-electron chi connectivity index (χ0n) is 15.9. The molecule has 2 heterocycles. The number of hydrogen-bond acceptors (Lipinski definition) is 6. The lowest BCUT2D eigenvalue weighted by Gasteiger charge is -2.06. The molecule has 8 heteroatoms. The molecule has 0 saturated heterocycles. The van der Waals surface area contributed by atoms with Gasteiger partial charge in [-0.15, -0.1) is 10.2 Å². The van der Waals surface area contributed by atoms with Crippen molar-refractivity contribution in [1.82, 2.24) is 20.0 Å². The van der Waals surface area contributed by atoms with E-state index in [-0.39, 0.29) is 5.91 Å². The van der Waals surface area contributed by atoms with Crippen LogP contribution in [0.3, 0.4) is 0 Å². The van der Waals surface area contributed by atoms with E-state index in [2.05, 4.69) is 40.5 Å². The molecule has 142 valence electrons. The predicted octanol–water partition coefficient (Wildman–Crippen LogP) is 4.40. The highest BCUT2D eigenvalue weighted by atomic mass is 32.2. The predicted molar refractivity (Wildman–Crippen MR) is 111 cm³/mol. The van der Waals surface area contributed by atoms with Crippen molar-refractivity contribution in [2.24, 2.45) is 5.92 Å². The molecule has 3 aromatic rings. The molecule has 0 aliphatic carbocycles. The summed E-state index contributed by atoms with van der Waals surface area (Å²) in [6.45, 7) is 9.04. The number of nitrogens with zero attached hydrogens (tertiary/aromatic N) is 4. The molecule has 2 aromatic heterocycles. The normalized spacial score (nSPS) is 11.1. The largest absolute Gasteiger partial charge is 0.296 e. The number of rotatable bonds is 7. The van der Waals surface area contributed by atoms with Gasteiger partial charge in [-0.25, -0.2) is 0 Å². The Morgan fingerprint density at radius 2 is 1.96 bits per heavy atom. The van der Waals surface area contributed by atoms with Crippen molar-refractivity contribution in [3.05, 3.63) is 52.8 Å². The van der Waals surface area contributed by atoms with Crippen LogP contribution in [0.25, 0.3) is 0 Å². The third-order valence-electron chi connectivity index (χ3n) is 3.82. The van der Waals surface area contributed by atoms with E-state index >= 15 is 0 Å². The molecule has 0 fully saturated rings. The van der Waals surface area contributed by atoms with Crippen molar-refractivity contribution in [1.29, 1.82) is 0 Å². The van der Waals surface area contributed by atoms with Gasteiger partial charge in [-0.3, -0.25) is 14.8 Å². The number of aryl methyl sites for hydroxylation is 2. The third-order valence-corrected chi connectivity index (χ3v) is 6.22. The van der Waals surface area contributed by atoms with E-state index in [4.69, 9.17) is 0 Å². The molecular weight excluding hydrogens is 378 g/mol. The summed E-state index contributed by atoms with van der Waals surface area (Å²) in [6.07, 6.45) is 0. The summed E-state index contributed by atoms with van der Waals surface area (Å²) in [5, 5.41) is 16.0. The van der Waals surface area contributed by atoms with Gasteiger partial charge in [-0.05, 0) is 43.5 Å². The van der Waals surface area contributed by atoms with Gasteiger partial charge in [0.2, 0.25) is 5.13 Å². The molecule has 0 saturated carbocycles. The summed E-state index contributed by atoms with van der Waals surface area (Å²) in [7, 11) is 0. The first-order valence-corrected chi connectivity index (χ1v) is 10.6. The van der Waals surface area contributed by atoms with Gasteiger partial charge in [0, 0.05) is 17.0 Å². The van der Waals surface area contributed by atoms with Crippen molar-refractivity contribution < 1.29 is 4.79 Å². The van der Waals surface area contributed by atoms with E-state index in [0.29, 0.717) is 23.2 Å². The van der Waals surface area contributed by atoms with Gasteiger partial charge in [-0.1, -0.05) is 49.1 Å². The zero-order valence-corrected chi connectivity index (χ0v) is 17.5. The molecule has 0 unspecified atom stereocenters. The van der Waals surface area contributed by atoms with Crippen molar-refractivity contribution in [2.75, 3.05) is 11.1 Å². The van der Waals surface area contributed by atoms with Gasteiger partial charge in [0.05, 0.1) is 12.2 Å². The van der Waals surface area contributed by atoms with Crippen LogP contribution in [-0.4, -0.2) is 31.6 Å². The van der Waals surface area contributed by atoms with Crippen molar-refractivity contribution in [3.8, 4) is 0 Å². The minimum atomic E-state index is -0.177. The van der Waals surface area contributed by atoms with Crippen LogP contribution in [0, 0.1) is 19.8 Å².